The minimum atomic E-state index is -0.000551. The minimum absolute atomic E-state index is 0. The standard InChI is InChI=1S/C15H22N2O2.ClH/c1-11-5-6-14(19-2)12(10-11)7-9-17-15(18)13-4-3-8-16-13;/h5-6,10,13,16H,3-4,7-9H2,1-2H3,(H,17,18);1H. The average Bonchev–Trinajstić information content (AvgIpc) is 2.93. The number of nitrogens with one attached hydrogen (secondary N) is 2. The molecular weight excluding hydrogens is 276 g/mol. The third-order valence-corrected chi connectivity index (χ3v) is 3.51. The van der Waals surface area contributed by atoms with E-state index in [1.54, 1.807) is 7.11 Å². The Bertz CT molecular complexity index is 445. The van der Waals surface area contributed by atoms with Gasteiger partial charge in [0.05, 0.1) is 13.2 Å². The quantitative estimate of drug-likeness (QED) is 0.872. The van der Waals surface area contributed by atoms with Crippen molar-refractivity contribution in [3.05, 3.63) is 29.3 Å². The van der Waals surface area contributed by atoms with Gasteiger partial charge in [0.15, 0.2) is 0 Å². The zero-order chi connectivity index (χ0) is 13.7. The molecule has 1 aliphatic rings. The number of halogens is 1. The molecule has 4 nitrogen and oxygen atoms in total. The van der Waals surface area contributed by atoms with Crippen LogP contribution in [0.3, 0.4) is 0 Å². The van der Waals surface area contributed by atoms with Gasteiger partial charge in [0, 0.05) is 6.54 Å². The molecular formula is C15H23ClN2O2. The maximum absolute atomic E-state index is 11.9. The van der Waals surface area contributed by atoms with E-state index in [9.17, 15) is 4.79 Å². The molecule has 0 aliphatic carbocycles. The Kier molecular flexibility index (Phi) is 6.82. The highest BCUT2D eigenvalue weighted by molar-refractivity contribution is 5.85. The second kappa shape index (κ2) is 8.12. The van der Waals surface area contributed by atoms with Crippen LogP contribution in [0.15, 0.2) is 18.2 Å². The van der Waals surface area contributed by atoms with E-state index >= 15 is 0 Å². The van der Waals surface area contributed by atoms with Crippen LogP contribution >= 0.6 is 12.4 Å². The number of hydrogen-bond donors (Lipinski definition) is 2. The third-order valence-electron chi connectivity index (χ3n) is 3.51. The molecule has 2 N–H and O–H groups in total. The number of aryl methyl sites for hydroxylation is 1. The van der Waals surface area contributed by atoms with Gasteiger partial charge in [-0.3, -0.25) is 4.79 Å². The molecule has 1 aromatic carbocycles. The lowest BCUT2D eigenvalue weighted by Gasteiger charge is -2.13. The molecule has 20 heavy (non-hydrogen) atoms. The number of amides is 1. The smallest absolute Gasteiger partial charge is 0.237 e. The van der Waals surface area contributed by atoms with Gasteiger partial charge in [0.2, 0.25) is 5.91 Å². The van der Waals surface area contributed by atoms with Crippen LogP contribution < -0.4 is 15.4 Å². The second-order valence-electron chi connectivity index (χ2n) is 5.01. The molecule has 1 heterocycles. The predicted octanol–water partition coefficient (Wildman–Crippen LogP) is 1.84. The molecule has 1 aliphatic heterocycles. The second-order valence-corrected chi connectivity index (χ2v) is 5.01. The van der Waals surface area contributed by atoms with Crippen molar-refractivity contribution >= 4 is 18.3 Å². The number of carbonyl (C=O) groups is 1. The van der Waals surface area contributed by atoms with E-state index in [1.807, 2.05) is 12.1 Å². The number of methoxy groups -OCH3 is 1. The summed E-state index contributed by atoms with van der Waals surface area (Å²) in [5.41, 5.74) is 2.35. The fourth-order valence-corrected chi connectivity index (χ4v) is 2.45. The lowest BCUT2D eigenvalue weighted by molar-refractivity contribution is -0.122. The highest BCUT2D eigenvalue weighted by atomic mass is 35.5. The topological polar surface area (TPSA) is 50.4 Å². The number of hydrogen-bond acceptors (Lipinski definition) is 3. The number of ether oxygens (including phenoxy) is 1. The Labute approximate surface area is 126 Å². The molecule has 0 bridgehead atoms. The van der Waals surface area contributed by atoms with Crippen molar-refractivity contribution in [2.75, 3.05) is 20.2 Å². The van der Waals surface area contributed by atoms with Gasteiger partial charge < -0.3 is 15.4 Å². The summed E-state index contributed by atoms with van der Waals surface area (Å²) in [4.78, 5) is 11.9. The van der Waals surface area contributed by atoms with Gasteiger partial charge in [-0.1, -0.05) is 17.7 Å². The van der Waals surface area contributed by atoms with Crippen LogP contribution in [0.25, 0.3) is 0 Å². The molecule has 1 saturated heterocycles. The van der Waals surface area contributed by atoms with E-state index in [0.717, 1.165) is 37.1 Å². The van der Waals surface area contributed by atoms with E-state index in [4.69, 9.17) is 4.74 Å². The first kappa shape index (κ1) is 16.8. The van der Waals surface area contributed by atoms with Crippen LogP contribution in [0.1, 0.15) is 24.0 Å². The first-order valence-electron chi connectivity index (χ1n) is 6.85. The molecule has 0 saturated carbocycles. The van der Waals surface area contributed by atoms with Crippen molar-refractivity contribution in [1.82, 2.24) is 10.6 Å². The summed E-state index contributed by atoms with van der Waals surface area (Å²) in [7, 11) is 1.68. The van der Waals surface area contributed by atoms with Gasteiger partial charge in [-0.05, 0) is 44.4 Å². The molecule has 2 rings (SSSR count). The average molecular weight is 299 g/mol. The van der Waals surface area contributed by atoms with Crippen molar-refractivity contribution < 1.29 is 9.53 Å². The van der Waals surface area contributed by atoms with Crippen molar-refractivity contribution in [3.63, 3.8) is 0 Å². The summed E-state index contributed by atoms with van der Waals surface area (Å²) < 4.78 is 5.33. The molecule has 1 aromatic rings. The van der Waals surface area contributed by atoms with E-state index in [2.05, 4.69) is 23.6 Å². The lowest BCUT2D eigenvalue weighted by Crippen LogP contribution is -2.41. The van der Waals surface area contributed by atoms with Gasteiger partial charge in [0.1, 0.15) is 5.75 Å². The summed E-state index contributed by atoms with van der Waals surface area (Å²) in [6.07, 6.45) is 2.83. The Morgan fingerprint density at radius 1 is 1.50 bits per heavy atom. The van der Waals surface area contributed by atoms with Crippen molar-refractivity contribution in [2.24, 2.45) is 0 Å². The maximum Gasteiger partial charge on any atom is 0.237 e. The van der Waals surface area contributed by atoms with Crippen molar-refractivity contribution in [1.29, 1.82) is 0 Å². The molecule has 1 amide bonds. The van der Waals surface area contributed by atoms with Crippen molar-refractivity contribution in [2.45, 2.75) is 32.2 Å². The number of rotatable bonds is 5. The molecule has 1 atom stereocenters. The predicted molar refractivity (Wildman–Crippen MR) is 82.7 cm³/mol. The Balaban J connectivity index is 0.00000200. The van der Waals surface area contributed by atoms with Crippen LogP contribution in [0, 0.1) is 6.92 Å². The Morgan fingerprint density at radius 3 is 2.95 bits per heavy atom. The maximum atomic E-state index is 11.9. The minimum Gasteiger partial charge on any atom is -0.496 e. The van der Waals surface area contributed by atoms with Gasteiger partial charge in [-0.2, -0.15) is 0 Å². The number of carbonyl (C=O) groups excluding carboxylic acids is 1. The van der Waals surface area contributed by atoms with Gasteiger partial charge in [0.25, 0.3) is 0 Å². The highest BCUT2D eigenvalue weighted by Gasteiger charge is 2.21. The summed E-state index contributed by atoms with van der Waals surface area (Å²) in [6.45, 7) is 3.66. The Hall–Kier alpha value is -1.26. The third kappa shape index (κ3) is 4.39. The molecule has 0 aromatic heterocycles. The van der Waals surface area contributed by atoms with Gasteiger partial charge in [-0.15, -0.1) is 12.4 Å². The van der Waals surface area contributed by atoms with Crippen LogP contribution in [0.2, 0.25) is 0 Å². The van der Waals surface area contributed by atoms with Gasteiger partial charge in [-0.25, -0.2) is 0 Å². The normalized spacial score (nSPS) is 17.4. The monoisotopic (exact) mass is 298 g/mol. The van der Waals surface area contributed by atoms with Crippen molar-refractivity contribution in [3.8, 4) is 5.75 Å². The van der Waals surface area contributed by atoms with Gasteiger partial charge >= 0.3 is 0 Å². The van der Waals surface area contributed by atoms with Crippen LogP contribution in [0.4, 0.5) is 0 Å². The molecule has 0 spiro atoms. The van der Waals surface area contributed by atoms with E-state index in [1.165, 1.54) is 5.56 Å². The lowest BCUT2D eigenvalue weighted by atomic mass is 10.1. The molecule has 5 heteroatoms. The SMILES string of the molecule is COc1ccc(C)cc1CCNC(=O)C1CCCN1.Cl. The molecule has 1 unspecified atom stereocenters. The largest absolute Gasteiger partial charge is 0.496 e. The molecule has 112 valence electrons. The summed E-state index contributed by atoms with van der Waals surface area (Å²) in [5.74, 6) is 1.00. The summed E-state index contributed by atoms with van der Waals surface area (Å²) in [6, 6.07) is 6.12. The Morgan fingerprint density at radius 2 is 2.30 bits per heavy atom. The van der Waals surface area contributed by atoms with E-state index < -0.39 is 0 Å². The van der Waals surface area contributed by atoms with Crippen LogP contribution in [-0.4, -0.2) is 32.1 Å². The molecule has 0 radical (unpaired) electrons. The molecule has 1 fully saturated rings. The van der Waals surface area contributed by atoms with E-state index in [0.29, 0.717) is 6.54 Å². The zero-order valence-electron chi connectivity index (χ0n) is 12.1. The first-order chi connectivity index (χ1) is 9.20. The fraction of sp³-hybridized carbons (Fsp3) is 0.533. The zero-order valence-corrected chi connectivity index (χ0v) is 12.9. The highest BCUT2D eigenvalue weighted by Crippen LogP contribution is 2.19. The van der Waals surface area contributed by atoms with E-state index in [-0.39, 0.29) is 24.4 Å². The number of benzene rings is 1. The summed E-state index contributed by atoms with van der Waals surface area (Å²) >= 11 is 0. The van der Waals surface area contributed by atoms with Crippen LogP contribution in [0.5, 0.6) is 5.75 Å². The first-order valence-corrected chi connectivity index (χ1v) is 6.85. The summed E-state index contributed by atoms with van der Waals surface area (Å²) in [5, 5.41) is 6.19. The van der Waals surface area contributed by atoms with Crippen LogP contribution in [-0.2, 0) is 11.2 Å². The fourth-order valence-electron chi connectivity index (χ4n) is 2.45.